The molecule has 5 heteroatoms. The van der Waals surface area contributed by atoms with Gasteiger partial charge in [-0.25, -0.2) is 4.39 Å². The van der Waals surface area contributed by atoms with Crippen LogP contribution < -0.4 is 5.73 Å². The molecule has 2 N–H and O–H groups in total. The summed E-state index contributed by atoms with van der Waals surface area (Å²) in [7, 11) is 0. The molecule has 1 aromatic rings. The summed E-state index contributed by atoms with van der Waals surface area (Å²) in [6.07, 6.45) is -0.214. The third kappa shape index (κ3) is 2.10. The number of likely N-dealkylation sites (tertiary alicyclic amines) is 1. The summed E-state index contributed by atoms with van der Waals surface area (Å²) in [5.74, 6) is 0.815. The van der Waals surface area contributed by atoms with Crippen molar-refractivity contribution >= 4 is 0 Å². The highest BCUT2D eigenvalue weighted by molar-refractivity contribution is 5.21. The van der Waals surface area contributed by atoms with Gasteiger partial charge in [0.15, 0.2) is 0 Å². The topological polar surface area (TPSA) is 55.3 Å². The Bertz CT molecular complexity index is 347. The number of alkyl halides is 1. The highest BCUT2D eigenvalue weighted by Gasteiger charge is 2.31. The molecule has 2 atom stereocenters. The average molecular weight is 227 g/mol. The Kier molecular flexibility index (Phi) is 3.25. The van der Waals surface area contributed by atoms with E-state index in [-0.39, 0.29) is 6.04 Å². The van der Waals surface area contributed by atoms with Crippen LogP contribution >= 0.6 is 0 Å². The van der Waals surface area contributed by atoms with Crippen molar-refractivity contribution in [2.24, 2.45) is 5.73 Å². The van der Waals surface area contributed by atoms with Crippen molar-refractivity contribution in [3.63, 3.8) is 0 Å². The maximum absolute atomic E-state index is 13.3. The molecule has 0 saturated carbocycles. The van der Waals surface area contributed by atoms with E-state index in [0.717, 1.165) is 17.0 Å². The van der Waals surface area contributed by atoms with Crippen LogP contribution in [0.2, 0.25) is 0 Å². The molecule has 2 rings (SSSR count). The van der Waals surface area contributed by atoms with Gasteiger partial charge in [-0.2, -0.15) is 0 Å². The standard InChI is InChI=1S/C11H18FN3O/c1-7-11(8(2)16-14-7)6-15-5-9(12)3-10(15)4-13/h9-10H,3-6,13H2,1-2H3/t9-,10+/m1/s1. The molecule has 1 saturated heterocycles. The minimum atomic E-state index is -0.756. The monoisotopic (exact) mass is 227 g/mol. The number of aromatic nitrogens is 1. The Balaban J connectivity index is 2.09. The first kappa shape index (κ1) is 11.5. The van der Waals surface area contributed by atoms with E-state index in [2.05, 4.69) is 10.1 Å². The molecule has 0 radical (unpaired) electrons. The second-order valence-corrected chi connectivity index (χ2v) is 4.45. The second kappa shape index (κ2) is 4.51. The van der Waals surface area contributed by atoms with Crippen LogP contribution in [-0.4, -0.2) is 35.4 Å². The fourth-order valence-corrected chi connectivity index (χ4v) is 2.29. The van der Waals surface area contributed by atoms with E-state index < -0.39 is 6.17 Å². The average Bonchev–Trinajstić information content (AvgIpc) is 2.75. The number of nitrogens with zero attached hydrogens (tertiary/aromatic N) is 2. The lowest BCUT2D eigenvalue weighted by Gasteiger charge is -2.22. The summed E-state index contributed by atoms with van der Waals surface area (Å²) in [6, 6.07) is 0.142. The van der Waals surface area contributed by atoms with Gasteiger partial charge in [0.25, 0.3) is 0 Å². The molecule has 90 valence electrons. The SMILES string of the molecule is Cc1noc(C)c1CN1C[C@H](F)C[C@H]1CN. The van der Waals surface area contributed by atoms with Gasteiger partial charge in [0.05, 0.1) is 5.69 Å². The van der Waals surface area contributed by atoms with Gasteiger partial charge in [0.2, 0.25) is 0 Å². The van der Waals surface area contributed by atoms with Crippen molar-refractivity contribution in [3.05, 3.63) is 17.0 Å². The van der Waals surface area contributed by atoms with Crippen molar-refractivity contribution in [3.8, 4) is 0 Å². The number of hydrogen-bond acceptors (Lipinski definition) is 4. The third-order valence-electron chi connectivity index (χ3n) is 3.29. The van der Waals surface area contributed by atoms with Crippen molar-refractivity contribution < 1.29 is 8.91 Å². The lowest BCUT2D eigenvalue weighted by atomic mass is 10.1. The zero-order valence-corrected chi connectivity index (χ0v) is 9.74. The van der Waals surface area contributed by atoms with Gasteiger partial charge in [0, 0.05) is 31.2 Å². The summed E-state index contributed by atoms with van der Waals surface area (Å²) >= 11 is 0. The number of halogens is 1. The van der Waals surface area contributed by atoms with Crippen molar-refractivity contribution in [1.82, 2.24) is 10.1 Å². The maximum atomic E-state index is 13.3. The third-order valence-corrected chi connectivity index (χ3v) is 3.29. The molecule has 1 fully saturated rings. The summed E-state index contributed by atoms with van der Waals surface area (Å²) in [5.41, 5.74) is 7.59. The number of hydrogen-bond donors (Lipinski definition) is 1. The molecular weight excluding hydrogens is 209 g/mol. The minimum Gasteiger partial charge on any atom is -0.361 e. The molecule has 1 aliphatic heterocycles. The van der Waals surface area contributed by atoms with E-state index in [1.54, 1.807) is 0 Å². The molecule has 16 heavy (non-hydrogen) atoms. The molecule has 0 unspecified atom stereocenters. The maximum Gasteiger partial charge on any atom is 0.138 e. The fraction of sp³-hybridized carbons (Fsp3) is 0.727. The van der Waals surface area contributed by atoms with E-state index in [1.165, 1.54) is 0 Å². The Labute approximate surface area is 94.6 Å². The number of nitrogens with two attached hydrogens (primary N) is 1. The highest BCUT2D eigenvalue weighted by atomic mass is 19.1. The Morgan fingerprint density at radius 1 is 1.56 bits per heavy atom. The van der Waals surface area contributed by atoms with Crippen LogP contribution in [0.1, 0.15) is 23.4 Å². The van der Waals surface area contributed by atoms with E-state index in [4.69, 9.17) is 10.3 Å². The number of aryl methyl sites for hydroxylation is 2. The van der Waals surface area contributed by atoms with Crippen LogP contribution in [0.5, 0.6) is 0 Å². The lowest BCUT2D eigenvalue weighted by Crippen LogP contribution is -2.35. The van der Waals surface area contributed by atoms with E-state index in [1.807, 2.05) is 13.8 Å². The molecule has 2 heterocycles. The molecule has 1 aromatic heterocycles. The molecule has 0 amide bonds. The molecule has 0 aromatic carbocycles. The lowest BCUT2D eigenvalue weighted by molar-refractivity contribution is 0.237. The summed E-state index contributed by atoms with van der Waals surface area (Å²) in [6.45, 7) is 5.45. The summed E-state index contributed by atoms with van der Waals surface area (Å²) in [5, 5.41) is 3.90. The van der Waals surface area contributed by atoms with Crippen LogP contribution in [0, 0.1) is 13.8 Å². The first-order chi connectivity index (χ1) is 7.61. The highest BCUT2D eigenvalue weighted by Crippen LogP contribution is 2.24. The largest absolute Gasteiger partial charge is 0.361 e. The molecule has 0 bridgehead atoms. The van der Waals surface area contributed by atoms with Crippen molar-refractivity contribution in [2.75, 3.05) is 13.1 Å². The van der Waals surface area contributed by atoms with Crippen molar-refractivity contribution in [2.45, 2.75) is 39.0 Å². The van der Waals surface area contributed by atoms with Crippen molar-refractivity contribution in [1.29, 1.82) is 0 Å². The molecule has 0 aliphatic carbocycles. The first-order valence-corrected chi connectivity index (χ1v) is 5.61. The van der Waals surface area contributed by atoms with Crippen LogP contribution in [-0.2, 0) is 6.54 Å². The van der Waals surface area contributed by atoms with E-state index in [0.29, 0.717) is 26.1 Å². The summed E-state index contributed by atoms with van der Waals surface area (Å²) in [4.78, 5) is 2.08. The van der Waals surface area contributed by atoms with Crippen LogP contribution in [0.25, 0.3) is 0 Å². The van der Waals surface area contributed by atoms with Gasteiger partial charge in [-0.1, -0.05) is 5.16 Å². The molecule has 1 aliphatic rings. The molecular formula is C11H18FN3O. The van der Waals surface area contributed by atoms with E-state index in [9.17, 15) is 4.39 Å². The smallest absolute Gasteiger partial charge is 0.138 e. The quantitative estimate of drug-likeness (QED) is 0.842. The molecule has 4 nitrogen and oxygen atoms in total. The second-order valence-electron chi connectivity index (χ2n) is 4.45. The zero-order chi connectivity index (χ0) is 11.7. The predicted molar refractivity (Wildman–Crippen MR) is 58.7 cm³/mol. The van der Waals surface area contributed by atoms with Crippen LogP contribution in [0.15, 0.2) is 4.52 Å². The van der Waals surface area contributed by atoms with Gasteiger partial charge < -0.3 is 10.3 Å². The Hall–Kier alpha value is -0.940. The van der Waals surface area contributed by atoms with Gasteiger partial charge in [-0.05, 0) is 20.3 Å². The normalized spacial score (nSPS) is 26.5. The van der Waals surface area contributed by atoms with E-state index >= 15 is 0 Å². The summed E-state index contributed by atoms with van der Waals surface area (Å²) < 4.78 is 18.4. The zero-order valence-electron chi connectivity index (χ0n) is 9.74. The van der Waals surface area contributed by atoms with Crippen LogP contribution in [0.4, 0.5) is 4.39 Å². The molecule has 0 spiro atoms. The first-order valence-electron chi connectivity index (χ1n) is 5.61. The van der Waals surface area contributed by atoms with Gasteiger partial charge in [0.1, 0.15) is 11.9 Å². The predicted octanol–water partition coefficient (Wildman–Crippen LogP) is 1.16. The fourth-order valence-electron chi connectivity index (χ4n) is 2.29. The van der Waals surface area contributed by atoms with Gasteiger partial charge in [-0.3, -0.25) is 4.90 Å². The number of rotatable bonds is 3. The Morgan fingerprint density at radius 3 is 2.88 bits per heavy atom. The van der Waals surface area contributed by atoms with Gasteiger partial charge in [-0.15, -0.1) is 0 Å². The minimum absolute atomic E-state index is 0.142. The van der Waals surface area contributed by atoms with Crippen LogP contribution in [0.3, 0.4) is 0 Å². The van der Waals surface area contributed by atoms with Gasteiger partial charge >= 0.3 is 0 Å². The Morgan fingerprint density at radius 2 is 2.31 bits per heavy atom.